The van der Waals surface area contributed by atoms with Gasteiger partial charge < -0.3 is 9.64 Å². The van der Waals surface area contributed by atoms with Gasteiger partial charge in [0.05, 0.1) is 29.5 Å². The molecule has 7 heteroatoms. The molecule has 0 unspecified atom stereocenters. The van der Waals surface area contributed by atoms with E-state index in [1.54, 1.807) is 17.7 Å². The maximum atomic E-state index is 13.4. The molecule has 4 rings (SSSR count). The molecule has 0 aliphatic carbocycles. The van der Waals surface area contributed by atoms with E-state index in [0.29, 0.717) is 33.4 Å². The summed E-state index contributed by atoms with van der Waals surface area (Å²) < 4.78 is 7.03. The van der Waals surface area contributed by atoms with Gasteiger partial charge in [-0.3, -0.25) is 14.2 Å². The van der Waals surface area contributed by atoms with E-state index in [-0.39, 0.29) is 17.2 Å². The lowest BCUT2D eigenvalue weighted by molar-refractivity contribution is -0.129. The maximum Gasteiger partial charge on any atom is 0.266 e. The molecule has 2 heterocycles. The molecule has 1 fully saturated rings. The highest BCUT2D eigenvalue weighted by Crippen LogP contribution is 2.27. The molecule has 1 aliphatic rings. The first-order chi connectivity index (χ1) is 14.6. The van der Waals surface area contributed by atoms with Gasteiger partial charge in [-0.15, -0.1) is 0 Å². The molecule has 6 nitrogen and oxygen atoms in total. The van der Waals surface area contributed by atoms with Crippen LogP contribution in [0.1, 0.15) is 19.8 Å². The first kappa shape index (κ1) is 20.5. The van der Waals surface area contributed by atoms with Gasteiger partial charge in [-0.1, -0.05) is 43.0 Å². The van der Waals surface area contributed by atoms with Crippen molar-refractivity contribution in [3.63, 3.8) is 0 Å². The van der Waals surface area contributed by atoms with Crippen molar-refractivity contribution < 1.29 is 9.53 Å². The number of likely N-dealkylation sites (tertiary alicyclic amines) is 1. The number of ether oxygens (including phenoxy) is 1. The van der Waals surface area contributed by atoms with Crippen LogP contribution in [0.3, 0.4) is 0 Å². The van der Waals surface area contributed by atoms with Crippen LogP contribution in [0.25, 0.3) is 16.6 Å². The lowest BCUT2D eigenvalue weighted by Gasteiger charge is -2.30. The lowest BCUT2D eigenvalue weighted by Crippen LogP contribution is -2.39. The van der Waals surface area contributed by atoms with Crippen molar-refractivity contribution in [3.05, 3.63) is 58.9 Å². The number of hydrogen-bond acceptors (Lipinski definition) is 5. The van der Waals surface area contributed by atoms with E-state index in [2.05, 4.69) is 6.92 Å². The first-order valence-corrected chi connectivity index (χ1v) is 11.1. The van der Waals surface area contributed by atoms with E-state index < -0.39 is 0 Å². The minimum Gasteiger partial charge on any atom is -0.495 e. The van der Waals surface area contributed by atoms with Crippen LogP contribution in [0.15, 0.2) is 58.5 Å². The molecule has 0 spiro atoms. The Morgan fingerprint density at radius 3 is 2.60 bits per heavy atom. The molecule has 0 radical (unpaired) electrons. The van der Waals surface area contributed by atoms with Crippen molar-refractivity contribution in [2.45, 2.75) is 24.9 Å². The molecule has 3 aromatic rings. The molecule has 30 heavy (non-hydrogen) atoms. The van der Waals surface area contributed by atoms with E-state index >= 15 is 0 Å². The second kappa shape index (κ2) is 8.92. The summed E-state index contributed by atoms with van der Waals surface area (Å²) in [5, 5.41) is 1.02. The Morgan fingerprint density at radius 1 is 1.13 bits per heavy atom. The highest BCUT2D eigenvalue weighted by molar-refractivity contribution is 7.99. The van der Waals surface area contributed by atoms with Crippen molar-refractivity contribution in [2.75, 3.05) is 26.0 Å². The Bertz CT molecular complexity index is 1120. The fraction of sp³-hybridized carbons (Fsp3) is 0.348. The number of benzene rings is 2. The molecule has 156 valence electrons. The fourth-order valence-electron chi connectivity index (χ4n) is 3.71. The van der Waals surface area contributed by atoms with Crippen molar-refractivity contribution in [1.29, 1.82) is 0 Å². The number of fused-ring (bicyclic) bond motifs is 1. The summed E-state index contributed by atoms with van der Waals surface area (Å²) >= 11 is 1.30. The minimum atomic E-state index is -0.174. The predicted molar refractivity (Wildman–Crippen MR) is 120 cm³/mol. The summed E-state index contributed by atoms with van der Waals surface area (Å²) in [6.45, 7) is 3.82. The SMILES string of the molecule is COc1ccccc1-n1c(SCC(=O)N2CCC(C)CC2)nc2ccccc2c1=O. The van der Waals surface area contributed by atoms with Crippen molar-refractivity contribution in [2.24, 2.45) is 5.92 Å². The minimum absolute atomic E-state index is 0.0842. The highest BCUT2D eigenvalue weighted by Gasteiger charge is 2.22. The number of hydrogen-bond donors (Lipinski definition) is 0. The molecule has 2 aromatic carbocycles. The standard InChI is InChI=1S/C23H25N3O3S/c1-16-11-13-25(14-12-16)21(27)15-30-23-24-18-8-4-3-7-17(18)22(28)26(23)19-9-5-6-10-20(19)29-2/h3-10,16H,11-15H2,1-2H3. The lowest BCUT2D eigenvalue weighted by atomic mass is 9.99. The second-order valence-electron chi connectivity index (χ2n) is 7.58. The van der Waals surface area contributed by atoms with Crippen molar-refractivity contribution in [3.8, 4) is 11.4 Å². The smallest absolute Gasteiger partial charge is 0.266 e. The maximum absolute atomic E-state index is 13.4. The topological polar surface area (TPSA) is 64.4 Å². The van der Waals surface area contributed by atoms with Gasteiger partial charge in [-0.2, -0.15) is 0 Å². The average molecular weight is 424 g/mol. The first-order valence-electron chi connectivity index (χ1n) is 10.1. The van der Waals surface area contributed by atoms with Crippen LogP contribution in [0.5, 0.6) is 5.75 Å². The fourth-order valence-corrected chi connectivity index (χ4v) is 4.62. The Kier molecular flexibility index (Phi) is 6.08. The summed E-state index contributed by atoms with van der Waals surface area (Å²) in [4.78, 5) is 32.8. The van der Waals surface area contributed by atoms with Crippen LogP contribution in [0.4, 0.5) is 0 Å². The monoisotopic (exact) mass is 423 g/mol. The quantitative estimate of drug-likeness (QED) is 0.462. The van der Waals surface area contributed by atoms with Gasteiger partial charge in [0.1, 0.15) is 5.75 Å². The predicted octanol–water partition coefficient (Wildman–Crippen LogP) is 3.74. The molecule has 0 N–H and O–H groups in total. The number of methoxy groups -OCH3 is 1. The Balaban J connectivity index is 1.71. The van der Waals surface area contributed by atoms with Gasteiger partial charge in [-0.05, 0) is 43.0 Å². The third-order valence-electron chi connectivity index (χ3n) is 5.53. The summed E-state index contributed by atoms with van der Waals surface area (Å²) in [7, 11) is 1.58. The number of nitrogens with zero attached hydrogens (tertiary/aromatic N) is 3. The third-order valence-corrected chi connectivity index (χ3v) is 6.46. The van der Waals surface area contributed by atoms with Crippen LogP contribution in [0, 0.1) is 5.92 Å². The second-order valence-corrected chi connectivity index (χ2v) is 8.52. The molecule has 1 aromatic heterocycles. The number of thioether (sulfide) groups is 1. The molecule has 0 atom stereocenters. The number of aromatic nitrogens is 2. The van der Waals surface area contributed by atoms with E-state index in [9.17, 15) is 9.59 Å². The number of rotatable bonds is 5. The van der Waals surface area contributed by atoms with Crippen LogP contribution in [-0.2, 0) is 4.79 Å². The Hall–Kier alpha value is -2.80. The molecular weight excluding hydrogens is 398 g/mol. The molecule has 0 bridgehead atoms. The van der Waals surface area contributed by atoms with Crippen LogP contribution >= 0.6 is 11.8 Å². The normalized spacial score (nSPS) is 14.8. The number of carbonyl (C=O) groups is 1. The largest absolute Gasteiger partial charge is 0.495 e. The van der Waals surface area contributed by atoms with Crippen LogP contribution in [-0.4, -0.2) is 46.3 Å². The number of carbonyl (C=O) groups excluding carboxylic acids is 1. The molecule has 0 saturated carbocycles. The van der Waals surface area contributed by atoms with Crippen molar-refractivity contribution in [1.82, 2.24) is 14.5 Å². The van der Waals surface area contributed by atoms with Crippen LogP contribution < -0.4 is 10.3 Å². The van der Waals surface area contributed by atoms with E-state index in [4.69, 9.17) is 9.72 Å². The zero-order valence-corrected chi connectivity index (χ0v) is 18.0. The average Bonchev–Trinajstić information content (AvgIpc) is 2.78. The third kappa shape index (κ3) is 4.07. The summed E-state index contributed by atoms with van der Waals surface area (Å²) in [5.41, 5.74) is 1.06. The van der Waals surface area contributed by atoms with Gasteiger partial charge in [0, 0.05) is 13.1 Å². The van der Waals surface area contributed by atoms with Crippen molar-refractivity contribution >= 4 is 28.6 Å². The highest BCUT2D eigenvalue weighted by atomic mass is 32.2. The summed E-state index contributed by atoms with van der Waals surface area (Å²) in [5.74, 6) is 1.57. The van der Waals surface area contributed by atoms with E-state index in [1.165, 1.54) is 11.8 Å². The number of amides is 1. The molecular formula is C23H25N3O3S. The number of para-hydroxylation sites is 3. The molecule has 1 amide bonds. The van der Waals surface area contributed by atoms with Gasteiger partial charge in [0.2, 0.25) is 5.91 Å². The van der Waals surface area contributed by atoms with Gasteiger partial charge in [-0.25, -0.2) is 4.98 Å². The van der Waals surface area contributed by atoms with Gasteiger partial charge in [0.25, 0.3) is 5.56 Å². The molecule has 1 aliphatic heterocycles. The zero-order valence-electron chi connectivity index (χ0n) is 17.2. The Labute approximate surface area is 179 Å². The number of piperidine rings is 1. The van der Waals surface area contributed by atoms with E-state index in [1.807, 2.05) is 47.4 Å². The van der Waals surface area contributed by atoms with E-state index in [0.717, 1.165) is 25.9 Å². The zero-order chi connectivity index (χ0) is 21.1. The van der Waals surface area contributed by atoms with Gasteiger partial charge in [0.15, 0.2) is 5.16 Å². The molecule has 1 saturated heterocycles. The summed E-state index contributed by atoms with van der Waals surface area (Å²) in [6, 6.07) is 14.6. The Morgan fingerprint density at radius 2 is 1.83 bits per heavy atom. The summed E-state index contributed by atoms with van der Waals surface area (Å²) in [6.07, 6.45) is 2.08. The van der Waals surface area contributed by atoms with Crippen LogP contribution in [0.2, 0.25) is 0 Å². The van der Waals surface area contributed by atoms with Gasteiger partial charge >= 0.3 is 0 Å².